The van der Waals surface area contributed by atoms with Crippen molar-refractivity contribution in [1.29, 1.82) is 0 Å². The second-order valence-corrected chi connectivity index (χ2v) is 5.13. The quantitative estimate of drug-likeness (QED) is 0.628. The van der Waals surface area contributed by atoms with E-state index >= 15 is 0 Å². The number of amides is 1. The summed E-state index contributed by atoms with van der Waals surface area (Å²) in [5.74, 6) is -0.486. The number of phenolic OH excluding ortho intramolecular Hbond substituents is 1. The van der Waals surface area contributed by atoms with Crippen molar-refractivity contribution in [2.75, 3.05) is 11.9 Å². The molecule has 0 unspecified atom stereocenters. The minimum Gasteiger partial charge on any atom is -0.508 e. The van der Waals surface area contributed by atoms with E-state index < -0.39 is 0 Å². The molecule has 0 aliphatic heterocycles. The second-order valence-electron chi connectivity index (χ2n) is 5.13. The van der Waals surface area contributed by atoms with Gasteiger partial charge in [-0.3, -0.25) is 4.79 Å². The van der Waals surface area contributed by atoms with Crippen molar-refractivity contribution in [3.63, 3.8) is 0 Å². The summed E-state index contributed by atoms with van der Waals surface area (Å²) in [6.07, 6.45) is 3.81. The number of benzene rings is 2. The molecule has 2 aromatic carbocycles. The van der Waals surface area contributed by atoms with Crippen LogP contribution in [-0.2, 0) is 9.53 Å². The molecule has 5 nitrogen and oxygen atoms in total. The molecule has 0 heterocycles. The van der Waals surface area contributed by atoms with Crippen LogP contribution in [0.4, 0.5) is 5.69 Å². The van der Waals surface area contributed by atoms with Gasteiger partial charge >= 0.3 is 5.97 Å². The van der Waals surface area contributed by atoms with Crippen molar-refractivity contribution in [1.82, 2.24) is 0 Å². The molecule has 2 N–H and O–H groups in total. The first-order valence-electron chi connectivity index (χ1n) is 7.64. The number of hydrogen-bond acceptors (Lipinski definition) is 4. The molecule has 0 radical (unpaired) electrons. The van der Waals surface area contributed by atoms with E-state index in [9.17, 15) is 14.7 Å². The number of esters is 1. The van der Waals surface area contributed by atoms with Crippen LogP contribution in [-0.4, -0.2) is 23.6 Å². The summed E-state index contributed by atoms with van der Waals surface area (Å²) in [6, 6.07) is 13.0. The highest BCUT2D eigenvalue weighted by molar-refractivity contribution is 6.02. The van der Waals surface area contributed by atoms with E-state index in [1.807, 2.05) is 6.92 Å². The lowest BCUT2D eigenvalue weighted by Crippen LogP contribution is -2.09. The molecule has 0 atom stereocenters. The van der Waals surface area contributed by atoms with E-state index in [1.54, 1.807) is 54.6 Å². The summed E-state index contributed by atoms with van der Waals surface area (Å²) >= 11 is 0. The SMILES string of the molecule is CCCOC(=O)c1ccc(NC(=O)/C=C/c2ccc(O)cc2)cc1. The predicted octanol–water partition coefficient (Wildman–Crippen LogP) is 3.61. The molecule has 0 spiro atoms. The average Bonchev–Trinajstić information content (AvgIpc) is 2.60. The maximum absolute atomic E-state index is 11.9. The fraction of sp³-hybridized carbons (Fsp3) is 0.158. The lowest BCUT2D eigenvalue weighted by Gasteiger charge is -2.05. The number of phenols is 1. The average molecular weight is 325 g/mol. The van der Waals surface area contributed by atoms with Crippen LogP contribution in [0.5, 0.6) is 5.75 Å². The monoisotopic (exact) mass is 325 g/mol. The second kappa shape index (κ2) is 8.53. The van der Waals surface area contributed by atoms with Crippen molar-refractivity contribution in [2.24, 2.45) is 0 Å². The van der Waals surface area contributed by atoms with Gasteiger partial charge in [-0.2, -0.15) is 0 Å². The number of anilines is 1. The zero-order valence-electron chi connectivity index (χ0n) is 13.4. The standard InChI is InChI=1S/C19H19NO4/c1-2-13-24-19(23)15-6-8-16(9-7-15)20-18(22)12-5-14-3-10-17(21)11-4-14/h3-12,21H,2,13H2,1H3,(H,20,22)/b12-5+. The first-order chi connectivity index (χ1) is 11.6. The van der Waals surface area contributed by atoms with Gasteiger partial charge in [0.05, 0.1) is 12.2 Å². The number of carbonyl (C=O) groups excluding carboxylic acids is 2. The largest absolute Gasteiger partial charge is 0.508 e. The van der Waals surface area contributed by atoms with E-state index in [4.69, 9.17) is 4.74 Å². The number of aromatic hydroxyl groups is 1. The Morgan fingerprint density at radius 2 is 1.75 bits per heavy atom. The van der Waals surface area contributed by atoms with Crippen molar-refractivity contribution >= 4 is 23.6 Å². The van der Waals surface area contributed by atoms with E-state index in [0.29, 0.717) is 17.9 Å². The molecule has 124 valence electrons. The Kier molecular flexibility index (Phi) is 6.14. The van der Waals surface area contributed by atoms with Gasteiger partial charge in [0.15, 0.2) is 0 Å². The van der Waals surface area contributed by atoms with Crippen LogP contribution >= 0.6 is 0 Å². The molecule has 0 aliphatic rings. The smallest absolute Gasteiger partial charge is 0.338 e. The Balaban J connectivity index is 1.92. The van der Waals surface area contributed by atoms with Crippen LogP contribution in [0.25, 0.3) is 6.08 Å². The van der Waals surface area contributed by atoms with Gasteiger partial charge < -0.3 is 15.2 Å². The number of hydrogen-bond donors (Lipinski definition) is 2. The molecular weight excluding hydrogens is 306 g/mol. The molecule has 0 fully saturated rings. The summed E-state index contributed by atoms with van der Waals surface area (Å²) in [7, 11) is 0. The van der Waals surface area contributed by atoms with Crippen LogP contribution in [0.2, 0.25) is 0 Å². The van der Waals surface area contributed by atoms with Gasteiger partial charge in [0, 0.05) is 11.8 Å². The molecule has 0 saturated carbocycles. The van der Waals surface area contributed by atoms with Gasteiger partial charge in [-0.05, 0) is 54.5 Å². The summed E-state index contributed by atoms with van der Waals surface area (Å²) in [6.45, 7) is 2.32. The molecular formula is C19H19NO4. The molecule has 0 aliphatic carbocycles. The van der Waals surface area contributed by atoms with Crippen LogP contribution in [0.15, 0.2) is 54.6 Å². The van der Waals surface area contributed by atoms with Crippen LogP contribution in [0.3, 0.4) is 0 Å². The zero-order chi connectivity index (χ0) is 17.4. The Labute approximate surface area is 140 Å². The summed E-state index contributed by atoms with van der Waals surface area (Å²) in [5, 5.41) is 11.9. The van der Waals surface area contributed by atoms with Gasteiger partial charge in [-0.1, -0.05) is 19.1 Å². The lowest BCUT2D eigenvalue weighted by atomic mass is 10.2. The topological polar surface area (TPSA) is 75.6 Å². The highest BCUT2D eigenvalue weighted by atomic mass is 16.5. The molecule has 24 heavy (non-hydrogen) atoms. The third kappa shape index (κ3) is 5.28. The Bertz CT molecular complexity index is 718. The van der Waals surface area contributed by atoms with E-state index in [-0.39, 0.29) is 17.6 Å². The van der Waals surface area contributed by atoms with E-state index in [1.165, 1.54) is 6.08 Å². The van der Waals surface area contributed by atoms with Gasteiger partial charge in [-0.25, -0.2) is 4.79 Å². The molecule has 0 aromatic heterocycles. The number of rotatable bonds is 6. The molecule has 0 bridgehead atoms. The molecule has 2 aromatic rings. The van der Waals surface area contributed by atoms with E-state index in [0.717, 1.165) is 12.0 Å². The molecule has 2 rings (SSSR count). The zero-order valence-corrected chi connectivity index (χ0v) is 13.4. The van der Waals surface area contributed by atoms with Gasteiger partial charge in [0.25, 0.3) is 0 Å². The van der Waals surface area contributed by atoms with Gasteiger partial charge in [-0.15, -0.1) is 0 Å². The molecule has 0 saturated heterocycles. The Hall–Kier alpha value is -3.08. The third-order valence-electron chi connectivity index (χ3n) is 3.15. The van der Waals surface area contributed by atoms with Crippen LogP contribution in [0, 0.1) is 0 Å². The lowest BCUT2D eigenvalue weighted by molar-refractivity contribution is -0.111. The number of carbonyl (C=O) groups is 2. The van der Waals surface area contributed by atoms with Crippen LogP contribution in [0.1, 0.15) is 29.3 Å². The van der Waals surface area contributed by atoms with Gasteiger partial charge in [0.1, 0.15) is 5.75 Å². The van der Waals surface area contributed by atoms with Crippen molar-refractivity contribution in [2.45, 2.75) is 13.3 Å². The predicted molar refractivity (Wildman–Crippen MR) is 92.8 cm³/mol. The summed E-state index contributed by atoms with van der Waals surface area (Å²) in [5.41, 5.74) is 1.83. The fourth-order valence-electron chi connectivity index (χ4n) is 1.91. The van der Waals surface area contributed by atoms with E-state index in [2.05, 4.69) is 5.32 Å². The highest BCUT2D eigenvalue weighted by Crippen LogP contribution is 2.12. The first kappa shape index (κ1) is 17.3. The summed E-state index contributed by atoms with van der Waals surface area (Å²) < 4.78 is 5.04. The Morgan fingerprint density at radius 1 is 1.08 bits per heavy atom. The fourth-order valence-corrected chi connectivity index (χ4v) is 1.91. The van der Waals surface area contributed by atoms with Crippen molar-refractivity contribution < 1.29 is 19.4 Å². The van der Waals surface area contributed by atoms with Gasteiger partial charge in [0.2, 0.25) is 5.91 Å². The van der Waals surface area contributed by atoms with Crippen molar-refractivity contribution in [3.05, 3.63) is 65.7 Å². The van der Waals surface area contributed by atoms with Crippen LogP contribution < -0.4 is 5.32 Å². The first-order valence-corrected chi connectivity index (χ1v) is 7.64. The maximum atomic E-state index is 11.9. The molecule has 5 heteroatoms. The number of ether oxygens (including phenoxy) is 1. The highest BCUT2D eigenvalue weighted by Gasteiger charge is 2.06. The minimum absolute atomic E-state index is 0.175. The summed E-state index contributed by atoms with van der Waals surface area (Å²) in [4.78, 5) is 23.6. The maximum Gasteiger partial charge on any atom is 0.338 e. The van der Waals surface area contributed by atoms with Crippen molar-refractivity contribution in [3.8, 4) is 5.75 Å². The normalized spacial score (nSPS) is 10.5. The third-order valence-corrected chi connectivity index (χ3v) is 3.15. The minimum atomic E-state index is -0.373. The molecule has 1 amide bonds. The Morgan fingerprint density at radius 3 is 2.38 bits per heavy atom. The number of nitrogens with one attached hydrogen (secondary N) is 1.